The maximum atomic E-state index is 11.8. The van der Waals surface area contributed by atoms with Gasteiger partial charge in [-0.05, 0) is 27.6 Å². The van der Waals surface area contributed by atoms with Gasteiger partial charge in [-0.25, -0.2) is 0 Å². The van der Waals surface area contributed by atoms with Crippen molar-refractivity contribution in [1.82, 2.24) is 10.3 Å². The third kappa shape index (κ3) is 4.28. The maximum Gasteiger partial charge on any atom is 0.323 e. The molecule has 1 aromatic heterocycles. The maximum absolute atomic E-state index is 11.8. The molecule has 0 saturated heterocycles. The summed E-state index contributed by atoms with van der Waals surface area (Å²) in [4.78, 5) is 21.1. The highest BCUT2D eigenvalue weighted by Crippen LogP contribution is 2.19. The summed E-state index contributed by atoms with van der Waals surface area (Å²) in [6, 6.07) is 3.37. The Morgan fingerprint density at radius 3 is 3.15 bits per heavy atom. The highest BCUT2D eigenvalue weighted by Gasteiger charge is 2.28. The number of carbonyl (C=O) groups is 1. The average molecular weight is 342 g/mol. The summed E-state index contributed by atoms with van der Waals surface area (Å²) in [5.74, 6) is -0.305. The van der Waals surface area contributed by atoms with Crippen LogP contribution in [0.25, 0.3) is 0 Å². The van der Waals surface area contributed by atoms with Gasteiger partial charge in [0.2, 0.25) is 0 Å². The summed E-state index contributed by atoms with van der Waals surface area (Å²) in [5, 5.41) is 6.99. The third-order valence-corrected chi connectivity index (χ3v) is 3.43. The SMILES string of the molecule is COC(=O)[C@H](CC1CC(Br)=NO1)NCc1cccnc1. The molecule has 2 heterocycles. The number of aromatic nitrogens is 1. The van der Waals surface area contributed by atoms with Crippen LogP contribution in [0.1, 0.15) is 18.4 Å². The van der Waals surface area contributed by atoms with Crippen LogP contribution >= 0.6 is 15.9 Å². The van der Waals surface area contributed by atoms with Crippen molar-refractivity contribution in [2.75, 3.05) is 7.11 Å². The highest BCUT2D eigenvalue weighted by atomic mass is 79.9. The number of oxime groups is 1. The highest BCUT2D eigenvalue weighted by molar-refractivity contribution is 9.18. The van der Waals surface area contributed by atoms with E-state index < -0.39 is 6.04 Å². The van der Waals surface area contributed by atoms with Gasteiger partial charge in [0.25, 0.3) is 0 Å². The lowest BCUT2D eigenvalue weighted by molar-refractivity contribution is -0.144. The molecule has 6 nitrogen and oxygen atoms in total. The van der Waals surface area contributed by atoms with Crippen LogP contribution < -0.4 is 5.32 Å². The van der Waals surface area contributed by atoms with Gasteiger partial charge in [0.05, 0.1) is 7.11 Å². The zero-order chi connectivity index (χ0) is 14.4. The van der Waals surface area contributed by atoms with E-state index in [4.69, 9.17) is 9.57 Å². The van der Waals surface area contributed by atoms with Crippen LogP contribution in [-0.4, -0.2) is 34.8 Å². The smallest absolute Gasteiger partial charge is 0.323 e. The first-order chi connectivity index (χ1) is 9.69. The number of hydrogen-bond acceptors (Lipinski definition) is 6. The van der Waals surface area contributed by atoms with Crippen LogP contribution in [0, 0.1) is 0 Å². The first-order valence-corrected chi connectivity index (χ1v) is 7.06. The van der Waals surface area contributed by atoms with Gasteiger partial charge in [-0.15, -0.1) is 0 Å². The van der Waals surface area contributed by atoms with Crippen molar-refractivity contribution in [3.05, 3.63) is 30.1 Å². The predicted octanol–water partition coefficient (Wildman–Crippen LogP) is 1.60. The van der Waals surface area contributed by atoms with E-state index >= 15 is 0 Å². The number of nitrogens with one attached hydrogen (secondary N) is 1. The van der Waals surface area contributed by atoms with E-state index in [1.807, 2.05) is 12.1 Å². The summed E-state index contributed by atoms with van der Waals surface area (Å²) in [5.41, 5.74) is 1.01. The second-order valence-corrected chi connectivity index (χ2v) is 5.37. The fourth-order valence-corrected chi connectivity index (χ4v) is 2.38. The summed E-state index contributed by atoms with van der Waals surface area (Å²) < 4.78 is 5.58. The van der Waals surface area contributed by atoms with Gasteiger partial charge in [-0.1, -0.05) is 11.2 Å². The van der Waals surface area contributed by atoms with E-state index in [-0.39, 0.29) is 12.1 Å². The molecule has 0 bridgehead atoms. The Labute approximate surface area is 125 Å². The van der Waals surface area contributed by atoms with E-state index in [0.29, 0.717) is 19.4 Å². The molecule has 1 unspecified atom stereocenters. The molecule has 0 amide bonds. The third-order valence-electron chi connectivity index (χ3n) is 2.96. The Kier molecular flexibility index (Phi) is 5.49. The molecule has 20 heavy (non-hydrogen) atoms. The Bertz CT molecular complexity index is 481. The first-order valence-electron chi connectivity index (χ1n) is 6.27. The minimum Gasteiger partial charge on any atom is -0.468 e. The van der Waals surface area contributed by atoms with Crippen LogP contribution in [0.2, 0.25) is 0 Å². The van der Waals surface area contributed by atoms with Crippen molar-refractivity contribution >= 4 is 26.5 Å². The lowest BCUT2D eigenvalue weighted by Gasteiger charge is -2.18. The molecule has 0 fully saturated rings. The van der Waals surface area contributed by atoms with E-state index in [1.165, 1.54) is 7.11 Å². The van der Waals surface area contributed by atoms with Crippen LogP contribution in [-0.2, 0) is 20.9 Å². The quantitative estimate of drug-likeness (QED) is 0.795. The van der Waals surface area contributed by atoms with E-state index in [1.54, 1.807) is 12.4 Å². The molecular formula is C13H16BrN3O3. The number of halogens is 1. The Morgan fingerprint density at radius 2 is 2.55 bits per heavy atom. The van der Waals surface area contributed by atoms with E-state index in [9.17, 15) is 4.79 Å². The summed E-state index contributed by atoms with van der Waals surface area (Å²) in [6.45, 7) is 0.544. The standard InChI is InChI=1S/C13H16BrN3O3/c1-19-13(18)11(5-10-6-12(14)17-20-10)16-8-9-3-2-4-15-7-9/h2-4,7,10-11,16H,5-6,8H2,1H3/t10?,11-/m0/s1. The van der Waals surface area contributed by atoms with Gasteiger partial charge in [0.1, 0.15) is 16.8 Å². The topological polar surface area (TPSA) is 72.8 Å². The summed E-state index contributed by atoms with van der Waals surface area (Å²) in [7, 11) is 1.38. The number of pyridine rings is 1. The van der Waals surface area contributed by atoms with Crippen molar-refractivity contribution in [1.29, 1.82) is 0 Å². The zero-order valence-corrected chi connectivity index (χ0v) is 12.7. The largest absolute Gasteiger partial charge is 0.468 e. The molecule has 0 aliphatic carbocycles. The van der Waals surface area contributed by atoms with Crippen molar-refractivity contribution < 1.29 is 14.4 Å². The molecule has 1 aromatic rings. The molecule has 0 saturated carbocycles. The monoisotopic (exact) mass is 341 g/mol. The van der Waals surface area contributed by atoms with Gasteiger partial charge in [0, 0.05) is 31.8 Å². The molecule has 2 rings (SSSR count). The molecule has 2 atom stereocenters. The minimum atomic E-state index is -0.432. The first kappa shape index (κ1) is 14.9. The number of carbonyl (C=O) groups excluding carboxylic acids is 1. The molecule has 1 aliphatic heterocycles. The fraction of sp³-hybridized carbons (Fsp3) is 0.462. The summed E-state index contributed by atoms with van der Waals surface area (Å²) in [6.07, 6.45) is 4.53. The number of rotatable bonds is 6. The Balaban J connectivity index is 1.89. The van der Waals surface area contributed by atoms with Gasteiger partial charge in [0.15, 0.2) is 0 Å². The van der Waals surface area contributed by atoms with Crippen LogP contribution in [0.5, 0.6) is 0 Å². The number of hydrogen-bond donors (Lipinski definition) is 1. The van der Waals surface area contributed by atoms with Gasteiger partial charge in [-0.2, -0.15) is 0 Å². The molecule has 1 N–H and O–H groups in total. The van der Waals surface area contributed by atoms with Gasteiger partial charge >= 0.3 is 5.97 Å². The predicted molar refractivity (Wildman–Crippen MR) is 77.3 cm³/mol. The number of methoxy groups -OCH3 is 1. The van der Waals surface area contributed by atoms with Crippen molar-refractivity contribution in [3.63, 3.8) is 0 Å². The fourth-order valence-electron chi connectivity index (χ4n) is 1.93. The Hall–Kier alpha value is -1.47. The van der Waals surface area contributed by atoms with Crippen molar-refractivity contribution in [3.8, 4) is 0 Å². The molecule has 1 aliphatic rings. The number of esters is 1. The molecule has 0 radical (unpaired) electrons. The van der Waals surface area contributed by atoms with Crippen LogP contribution in [0.15, 0.2) is 29.7 Å². The Morgan fingerprint density at radius 1 is 1.70 bits per heavy atom. The second-order valence-electron chi connectivity index (χ2n) is 4.45. The average Bonchev–Trinajstić information content (AvgIpc) is 2.89. The molecule has 108 valence electrons. The number of ether oxygens (including phenoxy) is 1. The number of nitrogens with zero attached hydrogens (tertiary/aromatic N) is 2. The van der Waals surface area contributed by atoms with Gasteiger partial charge < -0.3 is 14.9 Å². The lowest BCUT2D eigenvalue weighted by Crippen LogP contribution is -2.40. The molecule has 0 spiro atoms. The van der Waals surface area contributed by atoms with E-state index in [0.717, 1.165) is 10.2 Å². The molecular weight excluding hydrogens is 326 g/mol. The van der Waals surface area contributed by atoms with E-state index in [2.05, 4.69) is 31.4 Å². The summed E-state index contributed by atoms with van der Waals surface area (Å²) >= 11 is 3.28. The minimum absolute atomic E-state index is 0.116. The van der Waals surface area contributed by atoms with Crippen molar-refractivity contribution in [2.45, 2.75) is 31.5 Å². The van der Waals surface area contributed by atoms with Gasteiger partial charge in [-0.3, -0.25) is 9.78 Å². The van der Waals surface area contributed by atoms with Crippen LogP contribution in [0.4, 0.5) is 0 Å². The lowest BCUT2D eigenvalue weighted by atomic mass is 10.1. The van der Waals surface area contributed by atoms with Crippen molar-refractivity contribution in [2.24, 2.45) is 5.16 Å². The molecule has 7 heteroatoms. The second kappa shape index (κ2) is 7.35. The van der Waals surface area contributed by atoms with Crippen LogP contribution in [0.3, 0.4) is 0 Å². The zero-order valence-electron chi connectivity index (χ0n) is 11.1. The molecule has 0 aromatic carbocycles. The normalized spacial score (nSPS) is 19.1.